The van der Waals surface area contributed by atoms with E-state index in [1.54, 1.807) is 0 Å². The number of piperidine rings is 1. The van der Waals surface area contributed by atoms with Crippen molar-refractivity contribution in [3.63, 3.8) is 0 Å². The van der Waals surface area contributed by atoms with E-state index in [0.717, 1.165) is 19.5 Å². The molecule has 0 amide bonds. The number of aliphatic hydroxyl groups is 1. The summed E-state index contributed by atoms with van der Waals surface area (Å²) in [5.41, 5.74) is 0. The molecule has 3 atom stereocenters. The molecular weight excluding hydrogens is 256 g/mol. The summed E-state index contributed by atoms with van der Waals surface area (Å²) in [6, 6.07) is 0. The van der Waals surface area contributed by atoms with Crippen molar-refractivity contribution in [3.8, 4) is 0 Å². The Morgan fingerprint density at radius 2 is 2.20 bits per heavy atom. The fourth-order valence-electron chi connectivity index (χ4n) is 1.92. The molecule has 5 heteroatoms. The van der Waals surface area contributed by atoms with Gasteiger partial charge in [0.05, 0.1) is 6.10 Å². The van der Waals surface area contributed by atoms with Crippen molar-refractivity contribution in [1.82, 2.24) is 5.32 Å². The summed E-state index contributed by atoms with van der Waals surface area (Å²) < 4.78 is 0. The molecule has 1 rings (SSSR count). The van der Waals surface area contributed by atoms with E-state index in [1.165, 1.54) is 0 Å². The minimum Gasteiger partial charge on any atom is -0.390 e. The molecule has 0 unspecified atom stereocenters. The van der Waals surface area contributed by atoms with Gasteiger partial charge in [0.15, 0.2) is 0 Å². The first kappa shape index (κ1) is 15.5. The molecule has 1 heterocycles. The molecule has 0 radical (unpaired) electrons. The molecule has 90 valence electrons. The Hall–Kier alpha value is 0.530. The lowest BCUT2D eigenvalue weighted by Crippen LogP contribution is -2.37. The largest absolute Gasteiger partial charge is 0.390 e. The third-order valence-electron chi connectivity index (χ3n) is 2.82. The second-order valence-electron chi connectivity index (χ2n) is 3.79. The van der Waals surface area contributed by atoms with Crippen molar-refractivity contribution in [1.29, 1.82) is 0 Å². The zero-order chi connectivity index (χ0) is 10.6. The monoisotopic (exact) mass is 273 g/mol. The Labute approximate surface area is 107 Å². The predicted molar refractivity (Wildman–Crippen MR) is 68.0 cm³/mol. The Morgan fingerprint density at radius 3 is 2.73 bits per heavy atom. The lowest BCUT2D eigenvalue weighted by molar-refractivity contribution is 0.130. The number of rotatable bonds is 4. The fourth-order valence-corrected chi connectivity index (χ4v) is 2.12. The van der Waals surface area contributed by atoms with Crippen LogP contribution in [0.25, 0.3) is 0 Å². The topological polar surface area (TPSA) is 32.3 Å². The van der Waals surface area contributed by atoms with Crippen molar-refractivity contribution < 1.29 is 5.11 Å². The van der Waals surface area contributed by atoms with Crippen molar-refractivity contribution >= 4 is 35.6 Å². The van der Waals surface area contributed by atoms with Crippen LogP contribution in [0, 0.1) is 11.8 Å². The molecule has 1 saturated heterocycles. The molecular formula is C10H18Cl3NO. The van der Waals surface area contributed by atoms with Gasteiger partial charge in [-0.15, -0.1) is 42.2 Å². The molecule has 0 bridgehead atoms. The summed E-state index contributed by atoms with van der Waals surface area (Å²) >= 11 is 11.2. The van der Waals surface area contributed by atoms with Gasteiger partial charge in [-0.2, -0.15) is 0 Å². The van der Waals surface area contributed by atoms with Crippen molar-refractivity contribution in [2.45, 2.75) is 23.8 Å². The van der Waals surface area contributed by atoms with Crippen molar-refractivity contribution in [2.75, 3.05) is 13.1 Å². The van der Waals surface area contributed by atoms with Crippen molar-refractivity contribution in [2.24, 2.45) is 11.8 Å². The molecule has 0 aromatic rings. The summed E-state index contributed by atoms with van der Waals surface area (Å²) in [7, 11) is 0. The van der Waals surface area contributed by atoms with Crippen LogP contribution in [0.15, 0.2) is 12.7 Å². The second-order valence-corrected chi connectivity index (χ2v) is 4.95. The van der Waals surface area contributed by atoms with Gasteiger partial charge in [-0.05, 0) is 31.2 Å². The first-order valence-electron chi connectivity index (χ1n) is 4.94. The molecule has 1 aliphatic heterocycles. The predicted octanol–water partition coefficient (Wildman–Crippen LogP) is 2.37. The number of alkyl halides is 2. The van der Waals surface area contributed by atoms with E-state index >= 15 is 0 Å². The van der Waals surface area contributed by atoms with Crippen LogP contribution in [0.5, 0.6) is 0 Å². The van der Waals surface area contributed by atoms with Gasteiger partial charge in [0, 0.05) is 6.54 Å². The normalized spacial score (nSPS) is 28.3. The summed E-state index contributed by atoms with van der Waals surface area (Å²) in [6.07, 6.45) is 3.04. The van der Waals surface area contributed by atoms with Gasteiger partial charge in [-0.3, -0.25) is 0 Å². The number of hydrogen-bond acceptors (Lipinski definition) is 2. The lowest BCUT2D eigenvalue weighted by Gasteiger charge is -2.31. The molecule has 0 spiro atoms. The van der Waals surface area contributed by atoms with Crippen LogP contribution >= 0.6 is 35.6 Å². The van der Waals surface area contributed by atoms with Gasteiger partial charge >= 0.3 is 0 Å². The minimum absolute atomic E-state index is 0. The van der Waals surface area contributed by atoms with Crippen LogP contribution in [0.4, 0.5) is 0 Å². The van der Waals surface area contributed by atoms with E-state index in [1.807, 2.05) is 6.08 Å². The summed E-state index contributed by atoms with van der Waals surface area (Å²) in [5, 5.41) is 12.9. The highest BCUT2D eigenvalue weighted by Crippen LogP contribution is 2.27. The van der Waals surface area contributed by atoms with Gasteiger partial charge in [0.25, 0.3) is 0 Å². The standard InChI is InChI=1S/C10H17Cl2NO.ClH/c1-2-7-6-13-4-3-8(7)5-9(14)10(11)12;/h2,7-10,13-14H,1,3-6H2;1H/t7-,8-,9-;/m0./s1. The summed E-state index contributed by atoms with van der Waals surface area (Å²) in [4.78, 5) is -0.685. The van der Waals surface area contributed by atoms with Gasteiger partial charge in [-0.25, -0.2) is 0 Å². The molecule has 0 aromatic heterocycles. The molecule has 0 aromatic carbocycles. The first-order valence-corrected chi connectivity index (χ1v) is 5.82. The van der Waals surface area contributed by atoms with Gasteiger partial charge in [0.1, 0.15) is 4.84 Å². The van der Waals surface area contributed by atoms with Crippen LogP contribution in [0.1, 0.15) is 12.8 Å². The number of nitrogens with one attached hydrogen (secondary N) is 1. The second kappa shape index (κ2) is 7.75. The number of hydrogen-bond donors (Lipinski definition) is 2. The average Bonchev–Trinajstić information content (AvgIpc) is 2.18. The lowest BCUT2D eigenvalue weighted by atomic mass is 9.83. The molecule has 0 saturated carbocycles. The van der Waals surface area contributed by atoms with Crippen LogP contribution < -0.4 is 5.32 Å². The first-order chi connectivity index (χ1) is 6.65. The maximum absolute atomic E-state index is 9.57. The van der Waals surface area contributed by atoms with E-state index in [9.17, 15) is 5.11 Å². The van der Waals surface area contributed by atoms with E-state index in [-0.39, 0.29) is 12.4 Å². The van der Waals surface area contributed by atoms with Gasteiger partial charge < -0.3 is 10.4 Å². The number of halogens is 3. The van der Waals surface area contributed by atoms with Gasteiger partial charge in [0.2, 0.25) is 0 Å². The summed E-state index contributed by atoms with van der Waals surface area (Å²) in [6.45, 7) is 5.74. The van der Waals surface area contributed by atoms with E-state index in [2.05, 4.69) is 11.9 Å². The Kier molecular flexibility index (Phi) is 8.02. The molecule has 0 aliphatic carbocycles. The maximum Gasteiger partial charge on any atom is 0.133 e. The third kappa shape index (κ3) is 4.92. The zero-order valence-corrected chi connectivity index (χ0v) is 10.9. The molecule has 1 fully saturated rings. The SMILES string of the molecule is C=C[C@H]1CNCC[C@H]1C[C@H](O)C(Cl)Cl.Cl. The molecule has 2 N–H and O–H groups in total. The molecule has 15 heavy (non-hydrogen) atoms. The highest BCUT2D eigenvalue weighted by atomic mass is 35.5. The Balaban J connectivity index is 0.00000196. The minimum atomic E-state index is -0.685. The highest BCUT2D eigenvalue weighted by molar-refractivity contribution is 6.44. The third-order valence-corrected chi connectivity index (χ3v) is 3.40. The van der Waals surface area contributed by atoms with Crippen LogP contribution in [0.3, 0.4) is 0 Å². The van der Waals surface area contributed by atoms with E-state index in [4.69, 9.17) is 23.2 Å². The fraction of sp³-hybridized carbons (Fsp3) is 0.800. The summed E-state index contributed by atoms with van der Waals surface area (Å²) in [5.74, 6) is 0.870. The Bertz CT molecular complexity index is 190. The smallest absolute Gasteiger partial charge is 0.133 e. The molecule has 1 aliphatic rings. The van der Waals surface area contributed by atoms with Crippen molar-refractivity contribution in [3.05, 3.63) is 12.7 Å². The number of aliphatic hydroxyl groups excluding tert-OH is 1. The highest BCUT2D eigenvalue weighted by Gasteiger charge is 2.26. The molecule has 2 nitrogen and oxygen atoms in total. The quantitative estimate of drug-likeness (QED) is 0.609. The van der Waals surface area contributed by atoms with Crippen LogP contribution in [-0.2, 0) is 0 Å². The Morgan fingerprint density at radius 1 is 1.53 bits per heavy atom. The van der Waals surface area contributed by atoms with Crippen LogP contribution in [-0.4, -0.2) is 29.1 Å². The zero-order valence-electron chi connectivity index (χ0n) is 8.53. The van der Waals surface area contributed by atoms with Crippen LogP contribution in [0.2, 0.25) is 0 Å². The van der Waals surface area contributed by atoms with E-state index in [0.29, 0.717) is 18.3 Å². The average molecular weight is 275 g/mol. The van der Waals surface area contributed by atoms with E-state index < -0.39 is 10.9 Å². The maximum atomic E-state index is 9.57. The van der Waals surface area contributed by atoms with Gasteiger partial charge in [-0.1, -0.05) is 6.08 Å².